The van der Waals surface area contributed by atoms with E-state index in [0.29, 0.717) is 15.2 Å². The van der Waals surface area contributed by atoms with Crippen LogP contribution in [-0.4, -0.2) is 20.3 Å². The first kappa shape index (κ1) is 13.6. The third-order valence-electron chi connectivity index (χ3n) is 1.68. The zero-order chi connectivity index (χ0) is 11.3. The zero-order valence-electron chi connectivity index (χ0n) is 7.87. The summed E-state index contributed by atoms with van der Waals surface area (Å²) in [6.07, 6.45) is 1.81. The second-order valence-electron chi connectivity index (χ2n) is 2.85. The van der Waals surface area contributed by atoms with Gasteiger partial charge in [-0.1, -0.05) is 15.9 Å². The molecule has 0 aliphatic rings. The van der Waals surface area contributed by atoms with E-state index in [1.165, 1.54) is 11.3 Å². The predicted molar refractivity (Wildman–Crippen MR) is 70.2 cm³/mol. The van der Waals surface area contributed by atoms with Gasteiger partial charge in [0.2, 0.25) is 0 Å². The van der Waals surface area contributed by atoms with Gasteiger partial charge in [-0.25, -0.2) is 13.1 Å². The van der Waals surface area contributed by atoms with Gasteiger partial charge in [0, 0.05) is 16.3 Å². The SMILES string of the molecule is O=S(=O)(NCCCCBr)c1sccc1Br. The summed E-state index contributed by atoms with van der Waals surface area (Å²) in [7, 11) is -3.32. The summed E-state index contributed by atoms with van der Waals surface area (Å²) in [5.74, 6) is 0. The minimum atomic E-state index is -3.32. The third kappa shape index (κ3) is 4.14. The first-order chi connectivity index (χ1) is 7.08. The van der Waals surface area contributed by atoms with E-state index in [1.54, 1.807) is 11.4 Å². The minimum absolute atomic E-state index is 0.348. The molecule has 1 heterocycles. The van der Waals surface area contributed by atoms with Crippen molar-refractivity contribution in [1.82, 2.24) is 4.72 Å². The number of hydrogen-bond donors (Lipinski definition) is 1. The van der Waals surface area contributed by atoms with Crippen molar-refractivity contribution in [3.8, 4) is 0 Å². The van der Waals surface area contributed by atoms with Crippen LogP contribution in [0.5, 0.6) is 0 Å². The molecule has 0 unspecified atom stereocenters. The van der Waals surface area contributed by atoms with Crippen LogP contribution in [0, 0.1) is 0 Å². The van der Waals surface area contributed by atoms with Crippen molar-refractivity contribution < 1.29 is 8.42 Å². The molecule has 0 radical (unpaired) electrons. The van der Waals surface area contributed by atoms with E-state index in [1.807, 2.05) is 0 Å². The Bertz CT molecular complexity index is 403. The van der Waals surface area contributed by atoms with Crippen LogP contribution in [-0.2, 0) is 10.0 Å². The number of nitrogens with one attached hydrogen (secondary N) is 1. The fraction of sp³-hybridized carbons (Fsp3) is 0.500. The topological polar surface area (TPSA) is 46.2 Å². The van der Waals surface area contributed by atoms with Gasteiger partial charge in [0.15, 0.2) is 0 Å². The Kier molecular flexibility index (Phi) is 5.76. The second-order valence-corrected chi connectivity index (χ2v) is 7.38. The van der Waals surface area contributed by atoms with Crippen LogP contribution in [0.4, 0.5) is 0 Å². The zero-order valence-corrected chi connectivity index (χ0v) is 12.7. The molecule has 7 heteroatoms. The van der Waals surface area contributed by atoms with Crippen molar-refractivity contribution in [3.63, 3.8) is 0 Å². The van der Waals surface area contributed by atoms with E-state index in [4.69, 9.17) is 0 Å². The van der Waals surface area contributed by atoms with Crippen LogP contribution in [0.1, 0.15) is 12.8 Å². The van der Waals surface area contributed by atoms with Crippen molar-refractivity contribution in [2.45, 2.75) is 17.1 Å². The molecule has 0 aliphatic carbocycles. The van der Waals surface area contributed by atoms with E-state index >= 15 is 0 Å². The van der Waals surface area contributed by atoms with E-state index in [2.05, 4.69) is 36.6 Å². The first-order valence-electron chi connectivity index (χ1n) is 4.36. The predicted octanol–water partition coefficient (Wildman–Crippen LogP) is 2.96. The number of hydrogen-bond acceptors (Lipinski definition) is 3. The van der Waals surface area contributed by atoms with Gasteiger partial charge < -0.3 is 0 Å². The van der Waals surface area contributed by atoms with Gasteiger partial charge in [0.05, 0.1) is 0 Å². The second kappa shape index (κ2) is 6.34. The van der Waals surface area contributed by atoms with Crippen molar-refractivity contribution in [2.75, 3.05) is 11.9 Å². The summed E-state index contributed by atoms with van der Waals surface area (Å²) in [6.45, 7) is 0.484. The maximum Gasteiger partial charge on any atom is 0.251 e. The van der Waals surface area contributed by atoms with Gasteiger partial charge in [-0.2, -0.15) is 0 Å². The highest BCUT2D eigenvalue weighted by molar-refractivity contribution is 9.10. The molecule has 0 spiro atoms. The molecule has 0 saturated heterocycles. The number of unbranched alkanes of at least 4 members (excludes halogenated alkanes) is 1. The Balaban J connectivity index is 2.57. The Morgan fingerprint density at radius 2 is 2.13 bits per heavy atom. The smallest absolute Gasteiger partial charge is 0.210 e. The number of halogens is 2. The molecule has 3 nitrogen and oxygen atoms in total. The van der Waals surface area contributed by atoms with E-state index < -0.39 is 10.0 Å². The lowest BCUT2D eigenvalue weighted by atomic mass is 10.3. The summed E-state index contributed by atoms with van der Waals surface area (Å²) in [5, 5.41) is 2.65. The van der Waals surface area contributed by atoms with Crippen LogP contribution in [0.3, 0.4) is 0 Å². The number of rotatable bonds is 6. The number of alkyl halides is 1. The number of thiophene rings is 1. The lowest BCUT2D eigenvalue weighted by Gasteiger charge is -2.04. The minimum Gasteiger partial charge on any atom is -0.210 e. The van der Waals surface area contributed by atoms with Gasteiger partial charge in [-0.05, 0) is 40.2 Å². The van der Waals surface area contributed by atoms with E-state index in [-0.39, 0.29) is 0 Å². The summed E-state index contributed by atoms with van der Waals surface area (Å²) in [5.41, 5.74) is 0. The Labute approximate surface area is 111 Å². The highest BCUT2D eigenvalue weighted by Crippen LogP contribution is 2.27. The average molecular weight is 377 g/mol. The molecule has 86 valence electrons. The molecule has 1 aromatic rings. The van der Waals surface area contributed by atoms with Crippen LogP contribution >= 0.6 is 43.2 Å². The van der Waals surface area contributed by atoms with Crippen molar-refractivity contribution >= 4 is 53.2 Å². The van der Waals surface area contributed by atoms with E-state index in [9.17, 15) is 8.42 Å². The third-order valence-corrected chi connectivity index (χ3v) is 6.37. The molecule has 0 amide bonds. The Morgan fingerprint density at radius 3 is 2.67 bits per heavy atom. The summed E-state index contributed by atoms with van der Waals surface area (Å²) >= 11 is 7.72. The molecule has 15 heavy (non-hydrogen) atoms. The first-order valence-corrected chi connectivity index (χ1v) is 8.64. The highest BCUT2D eigenvalue weighted by atomic mass is 79.9. The normalized spacial score (nSPS) is 11.9. The fourth-order valence-electron chi connectivity index (χ4n) is 0.963. The standard InChI is InChI=1S/C8H11Br2NO2S2/c9-4-1-2-5-11-15(12,13)8-7(10)3-6-14-8/h3,6,11H,1-2,4-5H2. The molecular weight excluding hydrogens is 366 g/mol. The molecular formula is C8H11Br2NO2S2. The lowest BCUT2D eigenvalue weighted by molar-refractivity contribution is 0.580. The van der Waals surface area contributed by atoms with E-state index in [0.717, 1.165) is 18.2 Å². The van der Waals surface area contributed by atoms with Crippen molar-refractivity contribution in [3.05, 3.63) is 15.9 Å². The maximum absolute atomic E-state index is 11.7. The maximum atomic E-state index is 11.7. The van der Waals surface area contributed by atoms with Crippen LogP contribution < -0.4 is 4.72 Å². The van der Waals surface area contributed by atoms with Gasteiger partial charge in [0.1, 0.15) is 4.21 Å². The summed E-state index contributed by atoms with van der Waals surface area (Å²) < 4.78 is 27.0. The highest BCUT2D eigenvalue weighted by Gasteiger charge is 2.17. The molecule has 0 aliphatic heterocycles. The van der Waals surface area contributed by atoms with Gasteiger partial charge >= 0.3 is 0 Å². The fourth-order valence-corrected chi connectivity index (χ4v) is 4.81. The molecule has 0 aromatic carbocycles. The quantitative estimate of drug-likeness (QED) is 0.612. The van der Waals surface area contributed by atoms with Crippen LogP contribution in [0.15, 0.2) is 20.1 Å². The molecule has 0 atom stereocenters. The van der Waals surface area contributed by atoms with Crippen LogP contribution in [0.2, 0.25) is 0 Å². The molecule has 0 saturated carbocycles. The van der Waals surface area contributed by atoms with Gasteiger partial charge in [0.25, 0.3) is 10.0 Å². The molecule has 1 rings (SSSR count). The Morgan fingerprint density at radius 1 is 1.40 bits per heavy atom. The van der Waals surface area contributed by atoms with Crippen molar-refractivity contribution in [1.29, 1.82) is 0 Å². The summed E-state index contributed by atoms with van der Waals surface area (Å²) in [4.78, 5) is 0. The number of sulfonamides is 1. The lowest BCUT2D eigenvalue weighted by Crippen LogP contribution is -2.24. The average Bonchev–Trinajstić information content (AvgIpc) is 2.60. The molecule has 0 fully saturated rings. The summed E-state index contributed by atoms with van der Waals surface area (Å²) in [6, 6.07) is 1.73. The van der Waals surface area contributed by atoms with Gasteiger partial charge in [-0.3, -0.25) is 0 Å². The monoisotopic (exact) mass is 375 g/mol. The van der Waals surface area contributed by atoms with Crippen molar-refractivity contribution in [2.24, 2.45) is 0 Å². The van der Waals surface area contributed by atoms with Crippen LogP contribution in [0.25, 0.3) is 0 Å². The Hall–Kier alpha value is 0.570. The molecule has 1 N–H and O–H groups in total. The largest absolute Gasteiger partial charge is 0.251 e. The molecule has 0 bridgehead atoms. The van der Waals surface area contributed by atoms with Gasteiger partial charge in [-0.15, -0.1) is 11.3 Å². The molecule has 1 aromatic heterocycles.